The van der Waals surface area contributed by atoms with E-state index in [1.165, 1.54) is 29.2 Å². The number of pyridine rings is 1. The number of hydrogen-bond acceptors (Lipinski definition) is 12. The summed E-state index contributed by atoms with van der Waals surface area (Å²) in [5.41, 5.74) is 9.68. The molecule has 7 atom stereocenters. The third-order valence-corrected chi connectivity index (χ3v) is 17.8. The maximum atomic E-state index is 15.1. The van der Waals surface area contributed by atoms with E-state index in [1.807, 2.05) is 19.2 Å². The molecule has 6 bridgehead atoms. The number of fused-ring (bicyclic) bond motifs is 6. The van der Waals surface area contributed by atoms with Crippen molar-refractivity contribution in [1.29, 1.82) is 0 Å². The molecule has 8 heterocycles. The Balaban J connectivity index is 0.908. The summed E-state index contributed by atoms with van der Waals surface area (Å²) in [6.45, 7) is 12.8. The van der Waals surface area contributed by atoms with Crippen molar-refractivity contribution in [3.63, 3.8) is 0 Å². The number of aromatic nitrogens is 3. The van der Waals surface area contributed by atoms with Gasteiger partial charge in [-0.05, 0) is 120 Å². The number of thiazole rings is 1. The van der Waals surface area contributed by atoms with Crippen LogP contribution in [0.25, 0.3) is 33.4 Å². The number of nitrogens with one attached hydrogen (secondary N) is 3. The van der Waals surface area contributed by atoms with E-state index in [1.54, 1.807) is 7.11 Å². The Kier molecular flexibility index (Phi) is 12.9. The van der Waals surface area contributed by atoms with Crippen molar-refractivity contribution in [3.05, 3.63) is 58.2 Å². The minimum Gasteiger partial charge on any atom is -0.464 e. The number of esters is 1. The van der Waals surface area contributed by atoms with Crippen LogP contribution in [-0.4, -0.2) is 130 Å². The third-order valence-electron chi connectivity index (χ3n) is 16.9. The van der Waals surface area contributed by atoms with Gasteiger partial charge < -0.3 is 24.3 Å². The summed E-state index contributed by atoms with van der Waals surface area (Å²) in [7, 11) is 1.71. The van der Waals surface area contributed by atoms with E-state index in [9.17, 15) is 14.4 Å². The lowest BCUT2D eigenvalue weighted by molar-refractivity contribution is -0.155. The quantitative estimate of drug-likeness (QED) is 0.118. The highest BCUT2D eigenvalue weighted by Gasteiger charge is 2.55. The van der Waals surface area contributed by atoms with Crippen molar-refractivity contribution in [2.75, 3.05) is 46.4 Å². The van der Waals surface area contributed by atoms with Gasteiger partial charge in [0, 0.05) is 96.7 Å². The Hall–Kier alpha value is -4.74. The minimum atomic E-state index is -0.921. The van der Waals surface area contributed by atoms with Crippen LogP contribution in [0, 0.1) is 22.7 Å². The largest absolute Gasteiger partial charge is 0.464 e. The van der Waals surface area contributed by atoms with Crippen LogP contribution in [0.4, 0.5) is 0 Å². The molecule has 3 aromatic heterocycles. The zero-order valence-electron chi connectivity index (χ0n) is 41.6. The highest BCUT2D eigenvalue weighted by Crippen LogP contribution is 2.46. The van der Waals surface area contributed by atoms with Crippen LogP contribution in [0.2, 0.25) is 0 Å². The molecule has 4 saturated heterocycles. The van der Waals surface area contributed by atoms with Crippen LogP contribution >= 0.6 is 11.3 Å². The van der Waals surface area contributed by atoms with Crippen LogP contribution in [0.5, 0.6) is 0 Å². The van der Waals surface area contributed by atoms with Crippen molar-refractivity contribution < 1.29 is 28.7 Å². The molecule has 1 aromatic carbocycles. The first-order chi connectivity index (χ1) is 33.8. The summed E-state index contributed by atoms with van der Waals surface area (Å²) < 4.78 is 14.4. The van der Waals surface area contributed by atoms with Crippen molar-refractivity contribution in [1.82, 2.24) is 45.4 Å². The molecule has 4 aromatic rings. The standard InChI is InChI=1S/C54H71N9O6S/c1-6-62-42-18-17-35-25-37(42)38(48(62)36-13-9-21-55-44(36)32(2)68-5)27-53(3,4)31-69-52(67)39-14-10-22-63(59-39)50(65)40(26-43-56-41(35)28-70-43)57-49(64)47(34-11-7-8-12-34)60-23-19-54(29-60)20-24-61(30-54)51(66)46-45(58-46)33-15-16-33/h9,13,17-18,21,25,28,32-34,39-40,45-47,58-59H,6-8,10-12,14-16,19-20,22-24,26-27,29-31H2,1-5H3,(H,57,64)/t32-,39-,40-,45+,46+,47-,54-/m0/s1. The first-order valence-electron chi connectivity index (χ1n) is 26.2. The fraction of sp³-hybridized carbons (Fsp3) is 0.630. The summed E-state index contributed by atoms with van der Waals surface area (Å²) in [5.74, 6) is 0.289. The number of carbonyl (C=O) groups excluding carboxylic acids is 4. The normalized spacial score (nSPS) is 28.3. The lowest BCUT2D eigenvalue weighted by Gasteiger charge is -2.37. The molecule has 7 aliphatic rings. The number of benzene rings is 1. The van der Waals surface area contributed by atoms with Gasteiger partial charge >= 0.3 is 5.97 Å². The molecular formula is C54H71N9O6S. The Labute approximate surface area is 415 Å². The van der Waals surface area contributed by atoms with Crippen LogP contribution in [0.15, 0.2) is 41.9 Å². The Morgan fingerprint density at radius 1 is 1.03 bits per heavy atom. The average Bonchev–Trinajstić information content (AvgIpc) is 4.02. The molecule has 2 aliphatic carbocycles. The number of rotatable bonds is 10. The number of aryl methyl sites for hydroxylation is 1. The van der Waals surface area contributed by atoms with Crippen LogP contribution < -0.4 is 16.1 Å². The molecular weight excluding hydrogens is 903 g/mol. The van der Waals surface area contributed by atoms with Gasteiger partial charge in [0.1, 0.15) is 18.1 Å². The number of amides is 3. The molecule has 15 nitrogen and oxygen atoms in total. The molecule has 6 fully saturated rings. The second-order valence-electron chi connectivity index (χ2n) is 22.5. The summed E-state index contributed by atoms with van der Waals surface area (Å²) in [6, 6.07) is 8.94. The van der Waals surface area contributed by atoms with Gasteiger partial charge in [0.2, 0.25) is 11.8 Å². The minimum absolute atomic E-state index is 0.0237. The second-order valence-corrected chi connectivity index (χ2v) is 23.4. The van der Waals surface area contributed by atoms with E-state index in [2.05, 4.69) is 80.8 Å². The van der Waals surface area contributed by atoms with Gasteiger partial charge in [-0.25, -0.2) is 10.4 Å². The molecule has 0 radical (unpaired) electrons. The van der Waals surface area contributed by atoms with E-state index in [0.717, 1.165) is 121 Å². The van der Waals surface area contributed by atoms with Crippen LogP contribution in [-0.2, 0) is 48.0 Å². The summed E-state index contributed by atoms with van der Waals surface area (Å²) in [5, 5.41) is 12.2. The number of hydrazine groups is 1. The van der Waals surface area contributed by atoms with Crippen LogP contribution in [0.1, 0.15) is 114 Å². The summed E-state index contributed by atoms with van der Waals surface area (Å²) in [4.78, 5) is 72.2. The van der Waals surface area contributed by atoms with Crippen molar-refractivity contribution in [2.24, 2.45) is 22.7 Å². The number of methoxy groups -OCH3 is 1. The number of ether oxygens (including phenoxy) is 2. The van der Waals surface area contributed by atoms with Gasteiger partial charge in [-0.1, -0.05) is 32.8 Å². The van der Waals surface area contributed by atoms with Gasteiger partial charge in [0.15, 0.2) is 0 Å². The van der Waals surface area contributed by atoms with Crippen molar-refractivity contribution >= 4 is 45.9 Å². The molecule has 11 rings (SSSR count). The topological polar surface area (TPSA) is 173 Å². The maximum absolute atomic E-state index is 15.1. The molecule has 16 heteroatoms. The molecule has 5 aliphatic heterocycles. The van der Waals surface area contributed by atoms with Crippen molar-refractivity contribution in [2.45, 2.75) is 148 Å². The summed E-state index contributed by atoms with van der Waals surface area (Å²) >= 11 is 1.50. The molecule has 374 valence electrons. The van der Waals surface area contributed by atoms with Crippen molar-refractivity contribution in [3.8, 4) is 22.5 Å². The Morgan fingerprint density at radius 2 is 1.84 bits per heavy atom. The Bertz CT molecular complexity index is 2660. The predicted molar refractivity (Wildman–Crippen MR) is 268 cm³/mol. The van der Waals surface area contributed by atoms with E-state index < -0.39 is 23.5 Å². The second kappa shape index (κ2) is 19.0. The highest BCUT2D eigenvalue weighted by molar-refractivity contribution is 7.10. The number of nitrogens with zero attached hydrogens (tertiary/aromatic N) is 6. The van der Waals surface area contributed by atoms with E-state index >= 15 is 4.79 Å². The number of cyclic esters (lactones) is 1. The fourth-order valence-corrected chi connectivity index (χ4v) is 13.7. The maximum Gasteiger partial charge on any atom is 0.324 e. The van der Waals surface area contributed by atoms with Gasteiger partial charge in [-0.15, -0.1) is 11.3 Å². The first-order valence-corrected chi connectivity index (χ1v) is 27.1. The summed E-state index contributed by atoms with van der Waals surface area (Å²) in [6.07, 6.45) is 12.0. The SMILES string of the molecule is CCn1c(-c2cccnc2[C@H](C)OC)c2c3cc(ccc31)-c1csc(n1)C[C@H](NC(=O)[C@H](C1CCCC1)N1CC[C@]3(CCN(C(=O)[C@@H]4N[C@@H]4C4CC4)C3)C1)C(=O)N1CCC[C@H](N1)C(=O)OCC(C)(C)C2. The van der Waals surface area contributed by atoms with Gasteiger partial charge in [-0.2, -0.15) is 0 Å². The monoisotopic (exact) mass is 974 g/mol. The smallest absolute Gasteiger partial charge is 0.324 e. The number of likely N-dealkylation sites (tertiary alicyclic amines) is 2. The lowest BCUT2D eigenvalue weighted by atomic mass is 9.84. The zero-order chi connectivity index (χ0) is 48.5. The van der Waals surface area contributed by atoms with Gasteiger partial charge in [0.05, 0.1) is 40.8 Å². The third kappa shape index (κ3) is 9.20. The molecule has 70 heavy (non-hydrogen) atoms. The number of hydrogen-bond donors (Lipinski definition) is 3. The zero-order valence-corrected chi connectivity index (χ0v) is 42.5. The average molecular weight is 974 g/mol. The van der Waals surface area contributed by atoms with E-state index in [-0.39, 0.29) is 60.3 Å². The van der Waals surface area contributed by atoms with E-state index in [0.29, 0.717) is 37.8 Å². The van der Waals surface area contributed by atoms with E-state index in [4.69, 9.17) is 19.4 Å². The van der Waals surface area contributed by atoms with Crippen LogP contribution in [0.3, 0.4) is 0 Å². The molecule has 3 N–H and O–H groups in total. The van der Waals surface area contributed by atoms with Gasteiger partial charge in [-0.3, -0.25) is 39.4 Å². The molecule has 0 unspecified atom stereocenters. The molecule has 2 saturated carbocycles. The lowest BCUT2D eigenvalue weighted by Crippen LogP contribution is -2.62. The van der Waals surface area contributed by atoms with Gasteiger partial charge in [0.25, 0.3) is 5.91 Å². The molecule has 3 amide bonds. The first kappa shape index (κ1) is 47.6. The number of carbonyl (C=O) groups is 4. The fourth-order valence-electron chi connectivity index (χ4n) is 12.9. The molecule has 1 spiro atoms. The predicted octanol–water partition coefficient (Wildman–Crippen LogP) is 6.44. The highest BCUT2D eigenvalue weighted by atomic mass is 32.1. The Morgan fingerprint density at radius 3 is 2.63 bits per heavy atom.